The third-order valence-corrected chi connectivity index (χ3v) is 4.59. The average molecular weight is 372 g/mol. The maximum Gasteiger partial charge on any atom is 0.191 e. The standard InChI is InChI=1S/C21H29N3OS/c1-22-21(23-13-6-7-14-26-2)24-16-19-11-8-12-20(15-19)25-17-18-9-4-3-5-10-18/h3-5,8-12,15H,6-7,13-14,16-17H2,1-2H3,(H2,22,23,24). The molecule has 2 rings (SSSR count). The number of thioether (sulfide) groups is 1. The van der Waals surface area contributed by atoms with Crippen molar-refractivity contribution in [2.45, 2.75) is 26.0 Å². The van der Waals surface area contributed by atoms with E-state index in [1.165, 1.54) is 23.3 Å². The Morgan fingerprint density at radius 1 is 1.00 bits per heavy atom. The van der Waals surface area contributed by atoms with Gasteiger partial charge in [-0.25, -0.2) is 0 Å². The van der Waals surface area contributed by atoms with Crippen molar-refractivity contribution in [3.05, 3.63) is 65.7 Å². The van der Waals surface area contributed by atoms with Crippen molar-refractivity contribution in [2.24, 2.45) is 4.99 Å². The van der Waals surface area contributed by atoms with Crippen LogP contribution in [0.25, 0.3) is 0 Å². The molecular formula is C21H29N3OS. The highest BCUT2D eigenvalue weighted by molar-refractivity contribution is 7.98. The second-order valence-corrected chi connectivity index (χ2v) is 6.96. The molecule has 0 unspecified atom stereocenters. The number of guanidine groups is 1. The zero-order chi connectivity index (χ0) is 18.5. The largest absolute Gasteiger partial charge is 0.489 e. The highest BCUT2D eigenvalue weighted by atomic mass is 32.2. The van der Waals surface area contributed by atoms with Crippen molar-refractivity contribution in [3.8, 4) is 5.75 Å². The molecule has 2 N–H and O–H groups in total. The molecule has 0 atom stereocenters. The van der Waals surface area contributed by atoms with Gasteiger partial charge in [-0.1, -0.05) is 42.5 Å². The smallest absolute Gasteiger partial charge is 0.191 e. The summed E-state index contributed by atoms with van der Waals surface area (Å²) >= 11 is 1.89. The number of rotatable bonds is 10. The Morgan fingerprint density at radius 2 is 1.81 bits per heavy atom. The van der Waals surface area contributed by atoms with Crippen LogP contribution in [0.15, 0.2) is 59.6 Å². The van der Waals surface area contributed by atoms with Gasteiger partial charge in [0.05, 0.1) is 0 Å². The van der Waals surface area contributed by atoms with Crippen LogP contribution in [0.4, 0.5) is 0 Å². The zero-order valence-electron chi connectivity index (χ0n) is 15.7. The molecule has 0 fully saturated rings. The van der Waals surface area contributed by atoms with Gasteiger partial charge in [0.25, 0.3) is 0 Å². The Bertz CT molecular complexity index is 661. The van der Waals surface area contributed by atoms with Gasteiger partial charge in [0.1, 0.15) is 12.4 Å². The maximum atomic E-state index is 5.89. The van der Waals surface area contributed by atoms with Crippen LogP contribution in [0.2, 0.25) is 0 Å². The third-order valence-electron chi connectivity index (χ3n) is 3.90. The van der Waals surface area contributed by atoms with E-state index in [2.05, 4.69) is 46.1 Å². The zero-order valence-corrected chi connectivity index (χ0v) is 16.5. The summed E-state index contributed by atoms with van der Waals surface area (Å²) in [5, 5.41) is 6.71. The number of hydrogen-bond acceptors (Lipinski definition) is 3. The molecule has 5 heteroatoms. The van der Waals surface area contributed by atoms with Gasteiger partial charge in [0, 0.05) is 20.1 Å². The first-order valence-corrected chi connectivity index (χ1v) is 10.4. The first kappa shape index (κ1) is 20.2. The first-order chi connectivity index (χ1) is 12.8. The summed E-state index contributed by atoms with van der Waals surface area (Å²) in [4.78, 5) is 4.28. The fourth-order valence-corrected chi connectivity index (χ4v) is 2.96. The molecule has 4 nitrogen and oxygen atoms in total. The van der Waals surface area contributed by atoms with E-state index in [9.17, 15) is 0 Å². The van der Waals surface area contributed by atoms with Crippen molar-refractivity contribution < 1.29 is 4.74 Å². The molecule has 0 saturated heterocycles. The number of aliphatic imine (C=N–C) groups is 1. The Kier molecular flexibility index (Phi) is 9.51. The average Bonchev–Trinajstić information content (AvgIpc) is 2.69. The Balaban J connectivity index is 1.76. The topological polar surface area (TPSA) is 45.7 Å². The van der Waals surface area contributed by atoms with Crippen molar-refractivity contribution >= 4 is 17.7 Å². The molecule has 2 aromatic rings. The quantitative estimate of drug-likeness (QED) is 0.375. The van der Waals surface area contributed by atoms with E-state index in [1.54, 1.807) is 7.05 Å². The van der Waals surface area contributed by atoms with Gasteiger partial charge in [0.2, 0.25) is 0 Å². The van der Waals surface area contributed by atoms with Crippen molar-refractivity contribution in [1.82, 2.24) is 10.6 Å². The van der Waals surface area contributed by atoms with Crippen LogP contribution in [0.3, 0.4) is 0 Å². The van der Waals surface area contributed by atoms with Crippen LogP contribution < -0.4 is 15.4 Å². The van der Waals surface area contributed by atoms with Crippen LogP contribution in [0.5, 0.6) is 5.75 Å². The summed E-state index contributed by atoms with van der Waals surface area (Å²) in [6.07, 6.45) is 4.53. The van der Waals surface area contributed by atoms with E-state index in [1.807, 2.05) is 42.1 Å². The fourth-order valence-electron chi connectivity index (χ4n) is 2.47. The molecule has 2 aromatic carbocycles. The van der Waals surface area contributed by atoms with Gasteiger partial charge in [-0.3, -0.25) is 4.99 Å². The molecule has 0 aromatic heterocycles. The van der Waals surface area contributed by atoms with Crippen LogP contribution in [0, 0.1) is 0 Å². The summed E-state index contributed by atoms with van der Waals surface area (Å²) in [6.45, 7) is 2.24. The Morgan fingerprint density at radius 3 is 2.58 bits per heavy atom. The van der Waals surface area contributed by atoms with Crippen molar-refractivity contribution in [3.63, 3.8) is 0 Å². The van der Waals surface area contributed by atoms with Gasteiger partial charge < -0.3 is 15.4 Å². The van der Waals surface area contributed by atoms with E-state index in [-0.39, 0.29) is 0 Å². The predicted molar refractivity (Wildman–Crippen MR) is 113 cm³/mol. The SMILES string of the molecule is CN=C(NCCCCSC)NCc1cccc(OCc2ccccc2)c1. The molecule has 26 heavy (non-hydrogen) atoms. The highest BCUT2D eigenvalue weighted by Crippen LogP contribution is 2.15. The number of hydrogen-bond donors (Lipinski definition) is 2. The van der Waals surface area contributed by atoms with Crippen LogP contribution in [0.1, 0.15) is 24.0 Å². The van der Waals surface area contributed by atoms with Crippen LogP contribution >= 0.6 is 11.8 Å². The van der Waals surface area contributed by atoms with Gasteiger partial charge in [0.15, 0.2) is 5.96 Å². The molecular weight excluding hydrogens is 342 g/mol. The second kappa shape index (κ2) is 12.3. The monoisotopic (exact) mass is 371 g/mol. The Hall–Kier alpha value is -2.14. The number of unbranched alkanes of at least 4 members (excludes halogenated alkanes) is 1. The van der Waals surface area contributed by atoms with Gasteiger partial charge in [-0.2, -0.15) is 11.8 Å². The molecule has 0 radical (unpaired) electrons. The highest BCUT2D eigenvalue weighted by Gasteiger charge is 2.01. The molecule has 0 aliphatic carbocycles. The molecule has 0 heterocycles. The molecule has 0 aliphatic heterocycles. The van der Waals surface area contributed by atoms with E-state index < -0.39 is 0 Å². The number of ether oxygens (including phenoxy) is 1. The van der Waals surface area contributed by atoms with Gasteiger partial charge >= 0.3 is 0 Å². The fraction of sp³-hybridized carbons (Fsp3) is 0.381. The lowest BCUT2D eigenvalue weighted by atomic mass is 10.2. The second-order valence-electron chi connectivity index (χ2n) is 5.97. The summed E-state index contributed by atoms with van der Waals surface area (Å²) in [5.74, 6) is 2.93. The van der Waals surface area contributed by atoms with Gasteiger partial charge in [-0.15, -0.1) is 0 Å². The normalized spacial score (nSPS) is 11.2. The lowest BCUT2D eigenvalue weighted by molar-refractivity contribution is 0.306. The van der Waals surface area contributed by atoms with Crippen LogP contribution in [-0.4, -0.2) is 31.6 Å². The molecule has 0 amide bonds. The molecule has 0 bridgehead atoms. The van der Waals surface area contributed by atoms with Crippen molar-refractivity contribution in [2.75, 3.05) is 25.6 Å². The lowest BCUT2D eigenvalue weighted by Gasteiger charge is -2.13. The minimum Gasteiger partial charge on any atom is -0.489 e. The minimum absolute atomic E-state index is 0.580. The first-order valence-electron chi connectivity index (χ1n) is 9.01. The van der Waals surface area contributed by atoms with E-state index in [0.717, 1.165) is 24.7 Å². The summed E-state index contributed by atoms with van der Waals surface area (Å²) in [6, 6.07) is 18.4. The number of benzene rings is 2. The van der Waals surface area contributed by atoms with E-state index >= 15 is 0 Å². The molecule has 0 saturated carbocycles. The predicted octanol–water partition coefficient (Wildman–Crippen LogP) is 4.07. The Labute approximate surface area is 161 Å². The maximum absolute atomic E-state index is 5.89. The summed E-state index contributed by atoms with van der Waals surface area (Å²) < 4.78 is 5.89. The summed E-state index contributed by atoms with van der Waals surface area (Å²) in [5.41, 5.74) is 2.34. The molecule has 0 aliphatic rings. The van der Waals surface area contributed by atoms with Crippen LogP contribution in [-0.2, 0) is 13.2 Å². The van der Waals surface area contributed by atoms with Gasteiger partial charge in [-0.05, 0) is 48.1 Å². The third kappa shape index (κ3) is 7.83. The lowest BCUT2D eigenvalue weighted by Crippen LogP contribution is -2.37. The number of nitrogens with one attached hydrogen (secondary N) is 2. The van der Waals surface area contributed by atoms with E-state index in [0.29, 0.717) is 13.2 Å². The summed E-state index contributed by atoms with van der Waals surface area (Å²) in [7, 11) is 1.80. The van der Waals surface area contributed by atoms with Crippen molar-refractivity contribution in [1.29, 1.82) is 0 Å². The molecule has 140 valence electrons. The van der Waals surface area contributed by atoms with E-state index in [4.69, 9.17) is 4.74 Å². The minimum atomic E-state index is 0.580. The molecule has 0 spiro atoms. The number of nitrogens with zero attached hydrogens (tertiary/aromatic N) is 1.